The lowest BCUT2D eigenvalue weighted by Crippen LogP contribution is -2.40. The van der Waals surface area contributed by atoms with Gasteiger partial charge in [0.1, 0.15) is 6.04 Å². The van der Waals surface area contributed by atoms with Crippen molar-refractivity contribution in [2.24, 2.45) is 17.6 Å². The van der Waals surface area contributed by atoms with E-state index in [-0.39, 0.29) is 18.3 Å². The van der Waals surface area contributed by atoms with Gasteiger partial charge in [0.05, 0.1) is 5.78 Å². The summed E-state index contributed by atoms with van der Waals surface area (Å²) in [5.41, 5.74) is 5.66. The fourth-order valence-electron chi connectivity index (χ4n) is 1.63. The molecule has 108 valence electrons. The van der Waals surface area contributed by atoms with E-state index < -0.39 is 25.3 Å². The summed E-state index contributed by atoms with van der Waals surface area (Å²) in [7, 11) is -3.86. The minimum atomic E-state index is -3.86. The van der Waals surface area contributed by atoms with Crippen LogP contribution in [0.15, 0.2) is 0 Å². The molecule has 0 aliphatic heterocycles. The van der Waals surface area contributed by atoms with Crippen LogP contribution in [-0.2, 0) is 9.36 Å². The average Bonchev–Trinajstić information content (AvgIpc) is 2.14. The number of aliphatic carboxylic acids is 1. The fourth-order valence-corrected chi connectivity index (χ4v) is 3.19. The van der Waals surface area contributed by atoms with E-state index in [0.717, 1.165) is 0 Å². The number of nitrogens with two attached hydrogens (primary N) is 1. The summed E-state index contributed by atoms with van der Waals surface area (Å²) in [5, 5.41) is 11.3. The molecule has 0 spiro atoms. The zero-order valence-electron chi connectivity index (χ0n) is 11.5. The van der Waals surface area contributed by atoms with E-state index in [9.17, 15) is 14.3 Å². The van der Waals surface area contributed by atoms with E-state index in [1.807, 2.05) is 27.7 Å². The van der Waals surface area contributed by atoms with Crippen molar-refractivity contribution in [3.05, 3.63) is 0 Å². The van der Waals surface area contributed by atoms with Crippen molar-refractivity contribution in [1.29, 1.82) is 0 Å². The highest BCUT2D eigenvalue weighted by atomic mass is 31.2. The smallest absolute Gasteiger partial charge is 0.321 e. The SMILES string of the molecule is CC(C)CC(N)P(=O)(O)N[C@@H](CC(C)C)C(=O)O. The Bertz CT molecular complexity index is 320. The Morgan fingerprint density at radius 1 is 1.22 bits per heavy atom. The van der Waals surface area contributed by atoms with E-state index in [1.54, 1.807) is 0 Å². The number of carbonyl (C=O) groups is 1. The third kappa shape index (κ3) is 6.50. The maximum Gasteiger partial charge on any atom is 0.321 e. The number of nitrogens with one attached hydrogen (secondary N) is 1. The lowest BCUT2D eigenvalue weighted by Gasteiger charge is -2.25. The van der Waals surface area contributed by atoms with Crippen molar-refractivity contribution >= 4 is 13.5 Å². The first-order valence-electron chi connectivity index (χ1n) is 6.15. The maximum absolute atomic E-state index is 12.0. The lowest BCUT2D eigenvalue weighted by molar-refractivity contribution is -0.139. The molecule has 0 fully saturated rings. The number of hydrogen-bond acceptors (Lipinski definition) is 3. The molecule has 0 heterocycles. The molecule has 0 rings (SSSR count). The van der Waals surface area contributed by atoms with Crippen LogP contribution in [0.1, 0.15) is 40.5 Å². The average molecular weight is 280 g/mol. The highest BCUT2D eigenvalue weighted by molar-refractivity contribution is 7.56. The van der Waals surface area contributed by atoms with Crippen LogP contribution in [0.3, 0.4) is 0 Å². The van der Waals surface area contributed by atoms with Crippen molar-refractivity contribution in [3.8, 4) is 0 Å². The zero-order chi connectivity index (χ0) is 14.5. The number of carboxylic acids is 1. The van der Waals surface area contributed by atoms with Gasteiger partial charge in [-0.2, -0.15) is 0 Å². The third-order valence-electron chi connectivity index (χ3n) is 2.51. The number of hydrogen-bond donors (Lipinski definition) is 4. The number of carboxylic acid groups (broad SMARTS) is 1. The van der Waals surface area contributed by atoms with Gasteiger partial charge in [0.2, 0.25) is 0 Å². The van der Waals surface area contributed by atoms with E-state index in [1.165, 1.54) is 0 Å². The molecule has 7 heteroatoms. The van der Waals surface area contributed by atoms with Crippen LogP contribution in [0, 0.1) is 11.8 Å². The van der Waals surface area contributed by atoms with E-state index in [0.29, 0.717) is 6.42 Å². The second-order valence-corrected chi connectivity index (χ2v) is 7.64. The normalized spacial score (nSPS) is 18.7. The molecule has 18 heavy (non-hydrogen) atoms. The van der Waals surface area contributed by atoms with Gasteiger partial charge in [0.25, 0.3) is 7.52 Å². The van der Waals surface area contributed by atoms with Crippen LogP contribution in [0.5, 0.6) is 0 Å². The van der Waals surface area contributed by atoms with Crippen LogP contribution < -0.4 is 10.8 Å². The summed E-state index contributed by atoms with van der Waals surface area (Å²) in [4.78, 5) is 20.8. The topological polar surface area (TPSA) is 113 Å². The molecule has 0 radical (unpaired) electrons. The van der Waals surface area contributed by atoms with Crippen molar-refractivity contribution in [2.75, 3.05) is 0 Å². The molecule has 0 amide bonds. The molecule has 0 aromatic rings. The summed E-state index contributed by atoms with van der Waals surface area (Å²) >= 11 is 0. The molecule has 0 aliphatic carbocycles. The van der Waals surface area contributed by atoms with Crippen LogP contribution in [-0.4, -0.2) is 27.8 Å². The van der Waals surface area contributed by atoms with Crippen molar-refractivity contribution in [3.63, 3.8) is 0 Å². The highest BCUT2D eigenvalue weighted by Crippen LogP contribution is 2.42. The van der Waals surface area contributed by atoms with Gasteiger partial charge >= 0.3 is 5.97 Å². The van der Waals surface area contributed by atoms with Gasteiger partial charge in [-0.3, -0.25) is 9.36 Å². The second-order valence-electron chi connectivity index (χ2n) is 5.47. The van der Waals surface area contributed by atoms with E-state index in [4.69, 9.17) is 10.8 Å². The molecular weight excluding hydrogens is 255 g/mol. The Morgan fingerprint density at radius 2 is 1.67 bits per heavy atom. The molecule has 0 aromatic carbocycles. The van der Waals surface area contributed by atoms with Gasteiger partial charge in [-0.25, -0.2) is 5.09 Å². The molecule has 2 unspecified atom stereocenters. The lowest BCUT2D eigenvalue weighted by atomic mass is 10.1. The van der Waals surface area contributed by atoms with Gasteiger partial charge in [-0.05, 0) is 24.7 Å². The highest BCUT2D eigenvalue weighted by Gasteiger charge is 2.33. The molecule has 5 N–H and O–H groups in total. The minimum Gasteiger partial charge on any atom is -0.480 e. The second kappa shape index (κ2) is 7.24. The Morgan fingerprint density at radius 3 is 2.00 bits per heavy atom. The van der Waals surface area contributed by atoms with Crippen LogP contribution in [0.25, 0.3) is 0 Å². The summed E-state index contributed by atoms with van der Waals surface area (Å²) in [6, 6.07) is -1.04. The fraction of sp³-hybridized carbons (Fsp3) is 0.909. The monoisotopic (exact) mass is 280 g/mol. The van der Waals surface area contributed by atoms with Gasteiger partial charge in [0.15, 0.2) is 0 Å². The van der Waals surface area contributed by atoms with E-state index in [2.05, 4.69) is 5.09 Å². The van der Waals surface area contributed by atoms with E-state index >= 15 is 0 Å². The third-order valence-corrected chi connectivity index (χ3v) is 4.30. The van der Waals surface area contributed by atoms with Crippen LogP contribution in [0.2, 0.25) is 0 Å². The Labute approximate surface area is 108 Å². The predicted octanol–water partition coefficient (Wildman–Crippen LogP) is 1.59. The van der Waals surface area contributed by atoms with Gasteiger partial charge in [-0.1, -0.05) is 27.7 Å². The Kier molecular flexibility index (Phi) is 7.07. The molecule has 0 aliphatic rings. The Balaban J connectivity index is 4.69. The summed E-state index contributed by atoms with van der Waals surface area (Å²) in [5.74, 6) is -1.78. The molecule has 3 atom stereocenters. The molecule has 0 saturated heterocycles. The van der Waals surface area contributed by atoms with Gasteiger partial charge in [0, 0.05) is 0 Å². The standard InChI is InChI=1S/C11H25N2O4P/c1-7(2)5-9(11(14)15)13-18(16,17)10(12)6-8(3)4/h7-10H,5-6,12H2,1-4H3,(H,14,15)(H2,13,16,17)/t9-,10?/m0/s1. The van der Waals surface area contributed by atoms with Gasteiger partial charge in [-0.15, -0.1) is 0 Å². The molecule has 0 aromatic heterocycles. The van der Waals surface area contributed by atoms with Crippen LogP contribution in [0.4, 0.5) is 0 Å². The Hall–Kier alpha value is -0.420. The van der Waals surface area contributed by atoms with Gasteiger partial charge < -0.3 is 15.7 Å². The molecular formula is C11H25N2O4P. The largest absolute Gasteiger partial charge is 0.480 e. The zero-order valence-corrected chi connectivity index (χ0v) is 12.4. The molecule has 0 saturated carbocycles. The first-order chi connectivity index (χ1) is 8.06. The summed E-state index contributed by atoms with van der Waals surface area (Å²) in [6.07, 6.45) is 0.656. The molecule has 6 nitrogen and oxygen atoms in total. The maximum atomic E-state index is 12.0. The minimum absolute atomic E-state index is 0.111. The van der Waals surface area contributed by atoms with Crippen molar-refractivity contribution in [2.45, 2.75) is 52.4 Å². The van der Waals surface area contributed by atoms with Crippen molar-refractivity contribution in [1.82, 2.24) is 5.09 Å². The first kappa shape index (κ1) is 17.6. The first-order valence-corrected chi connectivity index (χ1v) is 7.87. The predicted molar refractivity (Wildman–Crippen MR) is 71.3 cm³/mol. The summed E-state index contributed by atoms with van der Waals surface area (Å²) < 4.78 is 12.0. The quantitative estimate of drug-likeness (QED) is 0.502. The number of rotatable bonds is 8. The molecule has 0 bridgehead atoms. The summed E-state index contributed by atoms with van der Waals surface area (Å²) in [6.45, 7) is 7.49. The van der Waals surface area contributed by atoms with Crippen molar-refractivity contribution < 1.29 is 19.4 Å². The van der Waals surface area contributed by atoms with Crippen LogP contribution >= 0.6 is 7.52 Å².